The predicted molar refractivity (Wildman–Crippen MR) is 83.8 cm³/mol. The van der Waals surface area contributed by atoms with Crippen LogP contribution in [0, 0.1) is 11.3 Å². The summed E-state index contributed by atoms with van der Waals surface area (Å²) in [5.41, 5.74) is 0.416. The summed E-state index contributed by atoms with van der Waals surface area (Å²) in [6, 6.07) is 0.586. The smallest absolute Gasteiger partial charge is 0.0558 e. The molecule has 0 bridgehead atoms. The van der Waals surface area contributed by atoms with E-state index in [1.54, 1.807) is 0 Å². The van der Waals surface area contributed by atoms with Gasteiger partial charge in [0.15, 0.2) is 0 Å². The van der Waals surface area contributed by atoms with Crippen LogP contribution in [0.3, 0.4) is 0 Å². The Balaban J connectivity index is 2.61. The third kappa shape index (κ3) is 6.08. The summed E-state index contributed by atoms with van der Waals surface area (Å²) in [6.07, 6.45) is 4.92. The first kappa shape index (κ1) is 17.9. The van der Waals surface area contributed by atoms with Gasteiger partial charge in [0.25, 0.3) is 0 Å². The second-order valence-corrected chi connectivity index (χ2v) is 6.98. The second kappa shape index (κ2) is 8.98. The van der Waals surface area contributed by atoms with E-state index < -0.39 is 0 Å². The van der Waals surface area contributed by atoms with E-state index in [0.717, 1.165) is 13.1 Å². The highest BCUT2D eigenvalue weighted by molar-refractivity contribution is 4.90. The maximum absolute atomic E-state index is 9.16. The molecule has 2 atom stereocenters. The van der Waals surface area contributed by atoms with Gasteiger partial charge in [-0.05, 0) is 43.6 Å². The summed E-state index contributed by atoms with van der Waals surface area (Å²) >= 11 is 0. The van der Waals surface area contributed by atoms with Crippen LogP contribution >= 0.6 is 0 Å². The van der Waals surface area contributed by atoms with Crippen molar-refractivity contribution in [3.8, 4) is 0 Å². The molecule has 20 heavy (non-hydrogen) atoms. The maximum Gasteiger partial charge on any atom is 0.0558 e. The highest BCUT2D eigenvalue weighted by Crippen LogP contribution is 2.39. The number of nitrogens with zero attached hydrogens (tertiary/aromatic N) is 1. The Bertz CT molecular complexity index is 253. The summed E-state index contributed by atoms with van der Waals surface area (Å²) < 4.78 is 0. The standard InChI is InChI=1S/C16H34N2O2/c1-4-7-17-15-5-6-16(2,3)12-14(15)13-18(8-10-19)9-11-20/h14-15,17,19-20H,4-13H2,1-3H3. The average Bonchev–Trinajstić information content (AvgIpc) is 2.38. The van der Waals surface area contributed by atoms with Gasteiger partial charge in [0.2, 0.25) is 0 Å². The van der Waals surface area contributed by atoms with Crippen LogP contribution in [0.15, 0.2) is 0 Å². The number of aliphatic hydroxyl groups excluding tert-OH is 2. The highest BCUT2D eigenvalue weighted by Gasteiger charge is 2.35. The van der Waals surface area contributed by atoms with Gasteiger partial charge in [-0.1, -0.05) is 20.8 Å². The van der Waals surface area contributed by atoms with Crippen molar-refractivity contribution >= 4 is 0 Å². The lowest BCUT2D eigenvalue weighted by Gasteiger charge is -2.43. The molecule has 120 valence electrons. The quantitative estimate of drug-likeness (QED) is 0.601. The van der Waals surface area contributed by atoms with Gasteiger partial charge in [0.1, 0.15) is 0 Å². The zero-order valence-corrected chi connectivity index (χ0v) is 13.6. The normalized spacial score (nSPS) is 26.1. The van der Waals surface area contributed by atoms with Crippen molar-refractivity contribution in [2.45, 2.75) is 52.5 Å². The fraction of sp³-hybridized carbons (Fsp3) is 1.00. The number of hydrogen-bond donors (Lipinski definition) is 3. The number of aliphatic hydroxyl groups is 2. The van der Waals surface area contributed by atoms with Crippen molar-refractivity contribution in [2.75, 3.05) is 39.4 Å². The minimum Gasteiger partial charge on any atom is -0.395 e. The summed E-state index contributed by atoms with van der Waals surface area (Å²) in [6.45, 7) is 10.7. The van der Waals surface area contributed by atoms with Gasteiger partial charge in [-0.15, -0.1) is 0 Å². The van der Waals surface area contributed by atoms with Crippen LogP contribution in [-0.4, -0.2) is 60.5 Å². The van der Waals surface area contributed by atoms with Gasteiger partial charge in [-0.3, -0.25) is 4.90 Å². The molecular formula is C16H34N2O2. The average molecular weight is 286 g/mol. The van der Waals surface area contributed by atoms with Gasteiger partial charge in [-0.2, -0.15) is 0 Å². The Morgan fingerprint density at radius 1 is 1.20 bits per heavy atom. The molecule has 0 aliphatic heterocycles. The van der Waals surface area contributed by atoms with Crippen LogP contribution < -0.4 is 5.32 Å². The van der Waals surface area contributed by atoms with Crippen molar-refractivity contribution in [1.82, 2.24) is 10.2 Å². The molecule has 2 unspecified atom stereocenters. The SMILES string of the molecule is CCCNC1CCC(C)(C)CC1CN(CCO)CCO. The highest BCUT2D eigenvalue weighted by atomic mass is 16.3. The molecule has 0 saturated heterocycles. The van der Waals surface area contributed by atoms with Crippen LogP contribution in [0.4, 0.5) is 0 Å². The van der Waals surface area contributed by atoms with Crippen molar-refractivity contribution in [3.05, 3.63) is 0 Å². The fourth-order valence-corrected chi connectivity index (χ4v) is 3.44. The molecule has 0 heterocycles. The zero-order valence-electron chi connectivity index (χ0n) is 13.6. The lowest BCUT2D eigenvalue weighted by Crippen LogP contribution is -2.48. The molecule has 0 amide bonds. The summed E-state index contributed by atoms with van der Waals surface area (Å²) in [5, 5.41) is 22.0. The topological polar surface area (TPSA) is 55.7 Å². The van der Waals surface area contributed by atoms with Crippen LogP contribution in [-0.2, 0) is 0 Å². The van der Waals surface area contributed by atoms with Crippen molar-refractivity contribution < 1.29 is 10.2 Å². The summed E-state index contributed by atoms with van der Waals surface area (Å²) in [5.74, 6) is 0.614. The molecule has 1 aliphatic rings. The Labute approximate surface area is 124 Å². The molecule has 1 saturated carbocycles. The van der Waals surface area contributed by atoms with Gasteiger partial charge >= 0.3 is 0 Å². The molecule has 3 N–H and O–H groups in total. The van der Waals surface area contributed by atoms with Crippen LogP contribution in [0.5, 0.6) is 0 Å². The lowest BCUT2D eigenvalue weighted by molar-refractivity contribution is 0.0820. The molecule has 0 spiro atoms. The van der Waals surface area contributed by atoms with E-state index in [4.69, 9.17) is 10.2 Å². The Kier molecular flexibility index (Phi) is 8.03. The van der Waals surface area contributed by atoms with Crippen molar-refractivity contribution in [1.29, 1.82) is 0 Å². The predicted octanol–water partition coefficient (Wildman–Crippen LogP) is 1.47. The molecular weight excluding hydrogens is 252 g/mol. The van der Waals surface area contributed by atoms with Gasteiger partial charge < -0.3 is 15.5 Å². The first-order valence-corrected chi connectivity index (χ1v) is 8.20. The van der Waals surface area contributed by atoms with E-state index in [0.29, 0.717) is 30.5 Å². The molecule has 1 fully saturated rings. The minimum atomic E-state index is 0.170. The van der Waals surface area contributed by atoms with E-state index in [1.165, 1.54) is 25.7 Å². The van der Waals surface area contributed by atoms with Crippen LogP contribution in [0.2, 0.25) is 0 Å². The minimum absolute atomic E-state index is 0.170. The molecule has 0 radical (unpaired) electrons. The van der Waals surface area contributed by atoms with E-state index in [-0.39, 0.29) is 13.2 Å². The Hall–Kier alpha value is -0.160. The first-order chi connectivity index (χ1) is 9.52. The third-order valence-corrected chi connectivity index (χ3v) is 4.50. The van der Waals surface area contributed by atoms with Crippen LogP contribution in [0.1, 0.15) is 46.5 Å². The Morgan fingerprint density at radius 3 is 2.40 bits per heavy atom. The molecule has 1 aliphatic carbocycles. The summed E-state index contributed by atoms with van der Waals surface area (Å²) in [4.78, 5) is 2.20. The Morgan fingerprint density at radius 2 is 1.85 bits per heavy atom. The van der Waals surface area contributed by atoms with Crippen LogP contribution in [0.25, 0.3) is 0 Å². The molecule has 1 rings (SSSR count). The number of rotatable bonds is 9. The van der Waals surface area contributed by atoms with E-state index in [9.17, 15) is 0 Å². The number of hydrogen-bond acceptors (Lipinski definition) is 4. The van der Waals surface area contributed by atoms with Gasteiger partial charge in [0, 0.05) is 25.7 Å². The summed E-state index contributed by atoms with van der Waals surface area (Å²) in [7, 11) is 0. The molecule has 0 aromatic carbocycles. The van der Waals surface area contributed by atoms with Crippen molar-refractivity contribution in [3.63, 3.8) is 0 Å². The second-order valence-electron chi connectivity index (χ2n) is 6.98. The molecule has 4 nitrogen and oxygen atoms in total. The third-order valence-electron chi connectivity index (χ3n) is 4.50. The monoisotopic (exact) mass is 286 g/mol. The van der Waals surface area contributed by atoms with E-state index in [1.807, 2.05) is 0 Å². The van der Waals surface area contributed by atoms with Gasteiger partial charge in [-0.25, -0.2) is 0 Å². The first-order valence-electron chi connectivity index (χ1n) is 8.20. The van der Waals surface area contributed by atoms with Gasteiger partial charge in [0.05, 0.1) is 13.2 Å². The number of nitrogens with one attached hydrogen (secondary N) is 1. The largest absolute Gasteiger partial charge is 0.395 e. The van der Waals surface area contributed by atoms with Crippen molar-refractivity contribution in [2.24, 2.45) is 11.3 Å². The van der Waals surface area contributed by atoms with E-state index in [2.05, 4.69) is 31.0 Å². The molecule has 0 aromatic heterocycles. The lowest BCUT2D eigenvalue weighted by atomic mass is 9.69. The molecule has 0 aromatic rings. The molecule has 4 heteroatoms. The zero-order chi connectivity index (χ0) is 15.0. The van der Waals surface area contributed by atoms with E-state index >= 15 is 0 Å². The maximum atomic E-state index is 9.16. The fourth-order valence-electron chi connectivity index (χ4n) is 3.44.